The summed E-state index contributed by atoms with van der Waals surface area (Å²) in [5.41, 5.74) is 5.46. The van der Waals surface area contributed by atoms with E-state index in [1.165, 1.54) is 24.3 Å². The smallest absolute Gasteiger partial charge is 0.263 e. The Kier molecular flexibility index (Phi) is 4.40. The number of benzene rings is 1. The standard InChI is InChI=1S/C12H9ClFN3O2S2/c13-7-1-3-10(9(14)5-7)17-21(18,19)8-2-4-11(12(15)20)16-6-8/h1-6,17H,(H2,15,20). The van der Waals surface area contributed by atoms with E-state index in [-0.39, 0.29) is 20.6 Å². The summed E-state index contributed by atoms with van der Waals surface area (Å²) >= 11 is 10.3. The summed E-state index contributed by atoms with van der Waals surface area (Å²) in [6, 6.07) is 6.25. The minimum atomic E-state index is -3.97. The molecule has 9 heteroatoms. The molecule has 5 nitrogen and oxygen atoms in total. The third-order valence-corrected chi connectivity index (χ3v) is 4.27. The average molecular weight is 346 g/mol. The Labute approximate surface area is 131 Å². The van der Waals surface area contributed by atoms with Crippen molar-refractivity contribution in [1.29, 1.82) is 0 Å². The van der Waals surface area contributed by atoms with Crippen LogP contribution in [0.25, 0.3) is 0 Å². The predicted octanol–water partition coefficient (Wildman–Crippen LogP) is 2.31. The largest absolute Gasteiger partial charge is 0.388 e. The molecule has 21 heavy (non-hydrogen) atoms. The highest BCUT2D eigenvalue weighted by Gasteiger charge is 2.17. The van der Waals surface area contributed by atoms with Gasteiger partial charge in [0.25, 0.3) is 10.0 Å². The zero-order valence-corrected chi connectivity index (χ0v) is 12.8. The van der Waals surface area contributed by atoms with Crippen molar-refractivity contribution in [3.63, 3.8) is 0 Å². The van der Waals surface area contributed by atoms with Crippen molar-refractivity contribution in [2.45, 2.75) is 4.90 Å². The number of nitrogens with one attached hydrogen (secondary N) is 1. The first-order chi connectivity index (χ1) is 9.79. The zero-order chi connectivity index (χ0) is 15.6. The van der Waals surface area contributed by atoms with Crippen LogP contribution in [-0.4, -0.2) is 18.4 Å². The predicted molar refractivity (Wildman–Crippen MR) is 82.3 cm³/mol. The van der Waals surface area contributed by atoms with E-state index in [0.29, 0.717) is 5.69 Å². The van der Waals surface area contributed by atoms with E-state index in [0.717, 1.165) is 12.3 Å². The van der Waals surface area contributed by atoms with Crippen LogP contribution in [0.5, 0.6) is 0 Å². The Hall–Kier alpha value is -1.77. The first kappa shape index (κ1) is 15.6. The summed E-state index contributed by atoms with van der Waals surface area (Å²) in [7, 11) is -3.97. The van der Waals surface area contributed by atoms with Crippen molar-refractivity contribution in [1.82, 2.24) is 4.98 Å². The van der Waals surface area contributed by atoms with Gasteiger partial charge >= 0.3 is 0 Å². The molecule has 1 aromatic carbocycles. The lowest BCUT2D eigenvalue weighted by Gasteiger charge is -2.09. The number of halogens is 2. The van der Waals surface area contributed by atoms with E-state index < -0.39 is 15.8 Å². The van der Waals surface area contributed by atoms with Crippen LogP contribution < -0.4 is 10.5 Å². The molecule has 0 amide bonds. The number of pyridine rings is 1. The molecule has 3 N–H and O–H groups in total. The molecule has 0 aliphatic heterocycles. The lowest BCUT2D eigenvalue weighted by Crippen LogP contribution is -2.16. The van der Waals surface area contributed by atoms with Gasteiger partial charge in [0.1, 0.15) is 15.7 Å². The summed E-state index contributed by atoms with van der Waals surface area (Å²) < 4.78 is 39.9. The highest BCUT2D eigenvalue weighted by Crippen LogP contribution is 2.22. The SMILES string of the molecule is NC(=S)c1ccc(S(=O)(=O)Nc2ccc(Cl)cc2F)cn1. The summed E-state index contributed by atoms with van der Waals surface area (Å²) in [5.74, 6) is -0.779. The summed E-state index contributed by atoms with van der Waals surface area (Å²) in [5, 5.41) is 0.165. The van der Waals surface area contributed by atoms with Crippen LogP contribution in [0.2, 0.25) is 5.02 Å². The van der Waals surface area contributed by atoms with Gasteiger partial charge in [-0.05, 0) is 30.3 Å². The fraction of sp³-hybridized carbons (Fsp3) is 0. The first-order valence-corrected chi connectivity index (χ1v) is 7.80. The molecule has 0 radical (unpaired) electrons. The van der Waals surface area contributed by atoms with E-state index in [1.807, 2.05) is 0 Å². The third-order valence-electron chi connectivity index (χ3n) is 2.47. The number of thiocarbonyl (C=S) groups is 1. The monoisotopic (exact) mass is 345 g/mol. The lowest BCUT2D eigenvalue weighted by atomic mass is 10.3. The van der Waals surface area contributed by atoms with Crippen molar-refractivity contribution in [3.8, 4) is 0 Å². The second-order valence-electron chi connectivity index (χ2n) is 3.97. The van der Waals surface area contributed by atoms with Crippen LogP contribution in [-0.2, 0) is 10.0 Å². The Balaban J connectivity index is 2.31. The van der Waals surface area contributed by atoms with E-state index in [1.54, 1.807) is 0 Å². The van der Waals surface area contributed by atoms with Crippen LogP contribution in [0.15, 0.2) is 41.4 Å². The van der Waals surface area contributed by atoms with Crippen molar-refractivity contribution < 1.29 is 12.8 Å². The zero-order valence-electron chi connectivity index (χ0n) is 10.4. The molecular formula is C12H9ClFN3O2S2. The molecule has 2 aromatic rings. The minimum absolute atomic E-state index is 0.0515. The normalized spacial score (nSPS) is 11.1. The fourth-order valence-corrected chi connectivity index (χ4v) is 2.75. The first-order valence-electron chi connectivity index (χ1n) is 5.53. The molecule has 0 aliphatic carbocycles. The Morgan fingerprint density at radius 3 is 2.57 bits per heavy atom. The van der Waals surface area contributed by atoms with Gasteiger partial charge < -0.3 is 5.73 Å². The Morgan fingerprint density at radius 1 is 1.33 bits per heavy atom. The number of nitrogens with two attached hydrogens (primary N) is 1. The maximum absolute atomic E-state index is 13.6. The lowest BCUT2D eigenvalue weighted by molar-refractivity contribution is 0.598. The third kappa shape index (κ3) is 3.66. The second kappa shape index (κ2) is 5.92. The van der Waals surface area contributed by atoms with Gasteiger partial charge in [-0.2, -0.15) is 0 Å². The molecular weight excluding hydrogens is 337 g/mol. The number of hydrogen-bond acceptors (Lipinski definition) is 4. The maximum atomic E-state index is 13.6. The highest BCUT2D eigenvalue weighted by atomic mass is 35.5. The van der Waals surface area contributed by atoms with Crippen molar-refractivity contribution in [2.75, 3.05) is 4.72 Å². The van der Waals surface area contributed by atoms with Crippen molar-refractivity contribution >= 4 is 44.5 Å². The summed E-state index contributed by atoms with van der Waals surface area (Å²) in [6.07, 6.45) is 1.09. The molecule has 2 rings (SSSR count). The number of aromatic nitrogens is 1. The number of sulfonamides is 1. The summed E-state index contributed by atoms with van der Waals surface area (Å²) in [4.78, 5) is 3.73. The molecule has 0 fully saturated rings. The van der Waals surface area contributed by atoms with Gasteiger partial charge in [0, 0.05) is 11.2 Å². The summed E-state index contributed by atoms with van der Waals surface area (Å²) in [6.45, 7) is 0. The van der Waals surface area contributed by atoms with E-state index in [4.69, 9.17) is 29.6 Å². The van der Waals surface area contributed by atoms with Crippen LogP contribution >= 0.6 is 23.8 Å². The molecule has 1 heterocycles. The van der Waals surface area contributed by atoms with E-state index in [9.17, 15) is 12.8 Å². The van der Waals surface area contributed by atoms with Crippen LogP contribution in [0, 0.1) is 5.82 Å². The van der Waals surface area contributed by atoms with Gasteiger partial charge in [0.2, 0.25) is 0 Å². The van der Waals surface area contributed by atoms with Gasteiger partial charge in [-0.1, -0.05) is 23.8 Å². The van der Waals surface area contributed by atoms with Crippen molar-refractivity contribution in [3.05, 3.63) is 53.1 Å². The van der Waals surface area contributed by atoms with Gasteiger partial charge in [0.15, 0.2) is 0 Å². The molecule has 0 aliphatic rings. The van der Waals surface area contributed by atoms with Gasteiger partial charge in [-0.3, -0.25) is 9.71 Å². The Bertz CT molecular complexity index is 795. The highest BCUT2D eigenvalue weighted by molar-refractivity contribution is 7.92. The fourth-order valence-electron chi connectivity index (χ4n) is 1.46. The van der Waals surface area contributed by atoms with Crippen LogP contribution in [0.1, 0.15) is 5.69 Å². The van der Waals surface area contributed by atoms with Gasteiger partial charge in [-0.15, -0.1) is 0 Å². The molecule has 0 saturated carbocycles. The average Bonchev–Trinajstić information content (AvgIpc) is 2.42. The quantitative estimate of drug-likeness (QED) is 0.830. The number of rotatable bonds is 4. The van der Waals surface area contributed by atoms with Gasteiger partial charge in [0.05, 0.1) is 11.4 Å². The molecule has 0 unspecified atom stereocenters. The topological polar surface area (TPSA) is 85.1 Å². The number of anilines is 1. The molecule has 0 atom stereocenters. The molecule has 0 saturated heterocycles. The molecule has 0 bridgehead atoms. The van der Waals surface area contributed by atoms with Crippen molar-refractivity contribution in [2.24, 2.45) is 5.73 Å². The van der Waals surface area contributed by atoms with E-state index in [2.05, 4.69) is 9.71 Å². The van der Waals surface area contributed by atoms with E-state index >= 15 is 0 Å². The second-order valence-corrected chi connectivity index (χ2v) is 6.53. The number of nitrogens with zero attached hydrogens (tertiary/aromatic N) is 1. The van der Waals surface area contributed by atoms with Gasteiger partial charge in [-0.25, -0.2) is 12.8 Å². The molecule has 1 aromatic heterocycles. The molecule has 0 spiro atoms. The van der Waals surface area contributed by atoms with Crippen LogP contribution in [0.3, 0.4) is 0 Å². The van der Waals surface area contributed by atoms with Crippen LogP contribution in [0.4, 0.5) is 10.1 Å². The number of hydrogen-bond donors (Lipinski definition) is 2. The minimum Gasteiger partial charge on any atom is -0.388 e. The Morgan fingerprint density at radius 2 is 2.05 bits per heavy atom. The molecule has 110 valence electrons. The maximum Gasteiger partial charge on any atom is 0.263 e.